The molecule has 1 aromatic rings. The molecule has 2 rings (SSSR count). The number of anilines is 1. The average molecular weight is 237 g/mol. The second-order valence-corrected chi connectivity index (χ2v) is 4.64. The van der Waals surface area contributed by atoms with Crippen LogP contribution in [0.1, 0.15) is 5.56 Å². The summed E-state index contributed by atoms with van der Waals surface area (Å²) >= 11 is 1.58. The smallest absolute Gasteiger partial charge is 0.238 e. The maximum atomic E-state index is 11.7. The van der Waals surface area contributed by atoms with Gasteiger partial charge in [-0.2, -0.15) is 0 Å². The summed E-state index contributed by atoms with van der Waals surface area (Å²) in [6.07, 6.45) is 0. The van der Waals surface area contributed by atoms with E-state index in [0.717, 1.165) is 22.7 Å². The van der Waals surface area contributed by atoms with E-state index in [1.165, 1.54) is 0 Å². The van der Waals surface area contributed by atoms with Crippen LogP contribution in [0.15, 0.2) is 23.1 Å². The number of carbonyl (C=O) groups is 1. The topological polar surface area (TPSA) is 58.4 Å². The number of fused-ring (bicyclic) bond motifs is 1. The van der Waals surface area contributed by atoms with Gasteiger partial charge in [0.25, 0.3) is 0 Å². The predicted octanol–water partition coefficient (Wildman–Crippen LogP) is 0.761. The van der Waals surface area contributed by atoms with Crippen molar-refractivity contribution < 1.29 is 4.79 Å². The van der Waals surface area contributed by atoms with Gasteiger partial charge in [0.15, 0.2) is 0 Å². The molecule has 1 heterocycles. The van der Waals surface area contributed by atoms with Gasteiger partial charge in [0, 0.05) is 11.4 Å². The van der Waals surface area contributed by atoms with E-state index in [4.69, 9.17) is 5.73 Å². The van der Waals surface area contributed by atoms with E-state index in [-0.39, 0.29) is 12.6 Å². The summed E-state index contributed by atoms with van der Waals surface area (Å²) in [4.78, 5) is 14.4. The van der Waals surface area contributed by atoms with E-state index < -0.39 is 0 Å². The molecule has 5 heteroatoms. The van der Waals surface area contributed by atoms with Gasteiger partial charge in [-0.05, 0) is 24.7 Å². The largest absolute Gasteiger partial charge is 0.316 e. The highest BCUT2D eigenvalue weighted by Crippen LogP contribution is 2.35. The lowest BCUT2D eigenvalue weighted by molar-refractivity contribution is -0.116. The number of nitrogens with two attached hydrogens (primary N) is 1. The Bertz CT molecular complexity index is 408. The molecule has 0 radical (unpaired) electrons. The van der Waals surface area contributed by atoms with E-state index in [0.29, 0.717) is 5.75 Å². The van der Waals surface area contributed by atoms with Gasteiger partial charge >= 0.3 is 0 Å². The highest BCUT2D eigenvalue weighted by atomic mass is 32.2. The Morgan fingerprint density at radius 3 is 3.06 bits per heavy atom. The summed E-state index contributed by atoms with van der Waals surface area (Å²) in [5, 5.41) is 3.09. The van der Waals surface area contributed by atoms with Crippen LogP contribution in [0.3, 0.4) is 0 Å². The minimum absolute atomic E-state index is 0.0848. The summed E-state index contributed by atoms with van der Waals surface area (Å²) in [5.74, 6) is 0.567. The molecular formula is C11H15N3OS. The van der Waals surface area contributed by atoms with Gasteiger partial charge in [-0.3, -0.25) is 9.69 Å². The Hall–Kier alpha value is -1.04. The van der Waals surface area contributed by atoms with Crippen molar-refractivity contribution in [1.29, 1.82) is 0 Å². The molecule has 0 unspecified atom stereocenters. The second kappa shape index (κ2) is 4.86. The van der Waals surface area contributed by atoms with E-state index in [2.05, 4.69) is 17.4 Å². The lowest BCUT2D eigenvalue weighted by atomic mass is 10.2. The molecule has 1 aliphatic heterocycles. The van der Waals surface area contributed by atoms with Crippen molar-refractivity contribution in [2.24, 2.45) is 5.73 Å². The van der Waals surface area contributed by atoms with Crippen molar-refractivity contribution in [3.8, 4) is 0 Å². The van der Waals surface area contributed by atoms with Crippen LogP contribution in [0.5, 0.6) is 0 Å². The molecule has 0 aromatic heterocycles. The van der Waals surface area contributed by atoms with Crippen molar-refractivity contribution in [2.75, 3.05) is 24.4 Å². The molecule has 4 nitrogen and oxygen atoms in total. The van der Waals surface area contributed by atoms with Gasteiger partial charge in [-0.25, -0.2) is 0 Å². The maximum Gasteiger partial charge on any atom is 0.238 e. The molecule has 0 spiro atoms. The first kappa shape index (κ1) is 11.4. The van der Waals surface area contributed by atoms with Crippen LogP contribution in [0.25, 0.3) is 0 Å². The number of hydrogen-bond donors (Lipinski definition) is 2. The van der Waals surface area contributed by atoms with Crippen LogP contribution in [0.2, 0.25) is 0 Å². The summed E-state index contributed by atoms with van der Waals surface area (Å²) in [7, 11) is 1.90. The molecule has 3 N–H and O–H groups in total. The molecular weight excluding hydrogens is 222 g/mol. The van der Waals surface area contributed by atoms with Crippen LogP contribution in [0.4, 0.5) is 5.69 Å². The first-order valence-corrected chi connectivity index (χ1v) is 6.15. The third-order valence-corrected chi connectivity index (χ3v) is 3.58. The molecule has 86 valence electrons. The quantitative estimate of drug-likeness (QED) is 0.815. The Balaban J connectivity index is 2.37. The van der Waals surface area contributed by atoms with Crippen molar-refractivity contribution in [3.63, 3.8) is 0 Å². The van der Waals surface area contributed by atoms with Crippen molar-refractivity contribution in [3.05, 3.63) is 23.8 Å². The second-order valence-electron chi connectivity index (χ2n) is 3.63. The molecule has 0 fully saturated rings. The summed E-state index contributed by atoms with van der Waals surface area (Å²) in [6.45, 7) is 1.04. The molecule has 16 heavy (non-hydrogen) atoms. The molecule has 0 bridgehead atoms. The summed E-state index contributed by atoms with van der Waals surface area (Å²) < 4.78 is 0. The molecule has 1 amide bonds. The van der Waals surface area contributed by atoms with Crippen LogP contribution < -0.4 is 16.0 Å². The molecule has 0 saturated heterocycles. The highest BCUT2D eigenvalue weighted by Gasteiger charge is 2.23. The van der Waals surface area contributed by atoms with Crippen molar-refractivity contribution in [1.82, 2.24) is 5.32 Å². The van der Waals surface area contributed by atoms with Crippen LogP contribution in [-0.2, 0) is 11.3 Å². The normalized spacial score (nSPS) is 15.1. The van der Waals surface area contributed by atoms with E-state index >= 15 is 0 Å². The zero-order chi connectivity index (χ0) is 11.5. The standard InChI is InChI=1S/C11H15N3OS/c1-13-5-8-2-3-10-9(4-8)14(7-12)11(15)6-16-10/h2-4,13H,5-7,12H2,1H3. The number of nitrogens with one attached hydrogen (secondary N) is 1. The van der Waals surface area contributed by atoms with Gasteiger partial charge < -0.3 is 11.1 Å². The van der Waals surface area contributed by atoms with Crippen LogP contribution in [-0.4, -0.2) is 25.4 Å². The Morgan fingerprint density at radius 1 is 1.56 bits per heavy atom. The Kier molecular flexibility index (Phi) is 3.48. The lowest BCUT2D eigenvalue weighted by Crippen LogP contribution is -2.39. The van der Waals surface area contributed by atoms with Crippen molar-refractivity contribution >= 4 is 23.4 Å². The predicted molar refractivity (Wildman–Crippen MR) is 66.5 cm³/mol. The Labute approximate surface area is 99.2 Å². The zero-order valence-electron chi connectivity index (χ0n) is 9.19. The maximum absolute atomic E-state index is 11.7. The fourth-order valence-corrected chi connectivity index (χ4v) is 2.68. The number of nitrogens with zero attached hydrogens (tertiary/aromatic N) is 1. The van der Waals surface area contributed by atoms with Gasteiger partial charge in [0.1, 0.15) is 0 Å². The first-order valence-electron chi connectivity index (χ1n) is 5.17. The molecule has 0 aliphatic carbocycles. The zero-order valence-corrected chi connectivity index (χ0v) is 10.0. The number of benzene rings is 1. The average Bonchev–Trinajstić information content (AvgIpc) is 2.29. The minimum atomic E-state index is 0.0848. The van der Waals surface area contributed by atoms with E-state index in [1.807, 2.05) is 13.1 Å². The molecule has 0 saturated carbocycles. The molecule has 0 atom stereocenters. The summed E-state index contributed by atoms with van der Waals surface area (Å²) in [5.41, 5.74) is 7.72. The van der Waals surface area contributed by atoms with Gasteiger partial charge in [-0.1, -0.05) is 6.07 Å². The molecule has 1 aromatic carbocycles. The first-order chi connectivity index (χ1) is 7.76. The Morgan fingerprint density at radius 2 is 2.38 bits per heavy atom. The highest BCUT2D eigenvalue weighted by molar-refractivity contribution is 8.00. The minimum Gasteiger partial charge on any atom is -0.316 e. The SMILES string of the molecule is CNCc1ccc2c(c1)N(CN)C(=O)CS2. The molecule has 1 aliphatic rings. The van der Waals surface area contributed by atoms with Crippen molar-refractivity contribution in [2.45, 2.75) is 11.4 Å². The number of rotatable bonds is 3. The number of hydrogen-bond acceptors (Lipinski definition) is 4. The van der Waals surface area contributed by atoms with E-state index in [9.17, 15) is 4.79 Å². The number of thioether (sulfide) groups is 1. The third-order valence-electron chi connectivity index (χ3n) is 2.53. The van der Waals surface area contributed by atoms with Crippen LogP contribution in [0, 0.1) is 0 Å². The number of amides is 1. The lowest BCUT2D eigenvalue weighted by Gasteiger charge is -2.28. The monoisotopic (exact) mass is 237 g/mol. The van der Waals surface area contributed by atoms with Gasteiger partial charge in [0.2, 0.25) is 5.91 Å². The van der Waals surface area contributed by atoms with Crippen LogP contribution >= 0.6 is 11.8 Å². The summed E-state index contributed by atoms with van der Waals surface area (Å²) in [6, 6.07) is 6.16. The van der Waals surface area contributed by atoms with Gasteiger partial charge in [0.05, 0.1) is 18.1 Å². The van der Waals surface area contributed by atoms with E-state index in [1.54, 1.807) is 16.7 Å². The number of carbonyl (C=O) groups excluding carboxylic acids is 1. The fraction of sp³-hybridized carbons (Fsp3) is 0.364. The fourth-order valence-electron chi connectivity index (χ4n) is 1.76. The third kappa shape index (κ3) is 2.07. The van der Waals surface area contributed by atoms with Gasteiger partial charge in [-0.15, -0.1) is 11.8 Å².